The van der Waals surface area contributed by atoms with E-state index in [-0.39, 0.29) is 6.61 Å². The molecule has 8 nitrogen and oxygen atoms in total. The summed E-state index contributed by atoms with van der Waals surface area (Å²) in [6.07, 6.45) is 0. The number of ether oxygens (including phenoxy) is 4. The van der Waals surface area contributed by atoms with E-state index in [2.05, 4.69) is 10.6 Å². The van der Waals surface area contributed by atoms with Gasteiger partial charge in [0, 0.05) is 5.70 Å². The van der Waals surface area contributed by atoms with Gasteiger partial charge in [-0.2, -0.15) is 0 Å². The smallest absolute Gasteiger partial charge is 0.338 e. The van der Waals surface area contributed by atoms with Gasteiger partial charge >= 0.3 is 12.0 Å². The van der Waals surface area contributed by atoms with Crippen LogP contribution in [0.15, 0.2) is 53.7 Å². The number of carbonyl (C=O) groups is 2. The largest absolute Gasteiger partial charge is 0.497 e. The molecule has 158 valence electrons. The van der Waals surface area contributed by atoms with E-state index in [4.69, 9.17) is 18.9 Å². The highest BCUT2D eigenvalue weighted by Crippen LogP contribution is 2.34. The number of esters is 1. The zero-order valence-electron chi connectivity index (χ0n) is 17.3. The molecule has 0 spiro atoms. The topological polar surface area (TPSA) is 95.1 Å². The summed E-state index contributed by atoms with van der Waals surface area (Å²) in [5, 5.41) is 5.41. The average Bonchev–Trinajstić information content (AvgIpc) is 2.76. The van der Waals surface area contributed by atoms with Crippen LogP contribution in [-0.2, 0) is 16.1 Å². The summed E-state index contributed by atoms with van der Waals surface area (Å²) in [6.45, 7) is 1.75. The van der Waals surface area contributed by atoms with Gasteiger partial charge in [0.05, 0.1) is 32.9 Å². The second-order valence-corrected chi connectivity index (χ2v) is 6.61. The van der Waals surface area contributed by atoms with Crippen LogP contribution in [-0.4, -0.2) is 33.3 Å². The Kier molecular flexibility index (Phi) is 6.46. The number of urea groups is 1. The fraction of sp³-hybridized carbons (Fsp3) is 0.273. The van der Waals surface area contributed by atoms with Gasteiger partial charge in [0.1, 0.15) is 12.4 Å². The predicted molar refractivity (Wildman–Crippen MR) is 109 cm³/mol. The molecule has 0 unspecified atom stereocenters. The standard InChI is InChI=1S/C22H24N2O6/c1-13-19(21(25)30-12-14-5-8-16(27-2)9-6-14)20(24-22(26)23-13)15-7-10-17(28-3)18(11-15)29-4/h5-11,20H,12H2,1-4H3,(H2,23,24,26)/t20-/m1/s1. The molecule has 1 heterocycles. The number of rotatable bonds is 7. The van der Waals surface area contributed by atoms with Gasteiger partial charge in [-0.05, 0) is 42.3 Å². The molecule has 0 saturated carbocycles. The van der Waals surface area contributed by atoms with E-state index in [0.717, 1.165) is 11.3 Å². The summed E-state index contributed by atoms with van der Waals surface area (Å²) in [6, 6.07) is 11.3. The maximum absolute atomic E-state index is 12.9. The molecule has 2 aromatic carbocycles. The van der Waals surface area contributed by atoms with Crippen molar-refractivity contribution in [2.24, 2.45) is 0 Å². The number of amides is 2. The first-order chi connectivity index (χ1) is 14.5. The van der Waals surface area contributed by atoms with Crippen molar-refractivity contribution in [3.63, 3.8) is 0 Å². The molecule has 2 aromatic rings. The Labute approximate surface area is 174 Å². The number of hydrogen-bond donors (Lipinski definition) is 2. The lowest BCUT2D eigenvalue weighted by atomic mass is 9.95. The molecule has 1 aliphatic heterocycles. The number of hydrogen-bond acceptors (Lipinski definition) is 6. The summed E-state index contributed by atoms with van der Waals surface area (Å²) in [7, 11) is 4.65. The molecule has 1 atom stereocenters. The van der Waals surface area contributed by atoms with Crippen molar-refractivity contribution in [1.29, 1.82) is 0 Å². The molecule has 0 radical (unpaired) electrons. The minimum Gasteiger partial charge on any atom is -0.497 e. The minimum atomic E-state index is -0.693. The van der Waals surface area contributed by atoms with Crippen LogP contribution >= 0.6 is 0 Å². The van der Waals surface area contributed by atoms with Gasteiger partial charge in [-0.25, -0.2) is 9.59 Å². The lowest BCUT2D eigenvalue weighted by molar-refractivity contribution is -0.140. The van der Waals surface area contributed by atoms with Crippen LogP contribution in [0.5, 0.6) is 17.2 Å². The van der Waals surface area contributed by atoms with Crippen LogP contribution in [0, 0.1) is 0 Å². The third kappa shape index (κ3) is 4.48. The highest BCUT2D eigenvalue weighted by atomic mass is 16.5. The number of nitrogens with one attached hydrogen (secondary N) is 2. The van der Waals surface area contributed by atoms with E-state index >= 15 is 0 Å². The van der Waals surface area contributed by atoms with Gasteiger partial charge in [-0.3, -0.25) is 0 Å². The number of allylic oxidation sites excluding steroid dienone is 1. The zero-order chi connectivity index (χ0) is 21.7. The van der Waals surface area contributed by atoms with Crippen LogP contribution in [0.25, 0.3) is 0 Å². The van der Waals surface area contributed by atoms with Gasteiger partial charge in [0.2, 0.25) is 0 Å². The molecule has 3 rings (SSSR count). The molecule has 2 N–H and O–H groups in total. The van der Waals surface area contributed by atoms with E-state index in [9.17, 15) is 9.59 Å². The quantitative estimate of drug-likeness (QED) is 0.679. The van der Waals surface area contributed by atoms with Gasteiger partial charge in [0.15, 0.2) is 11.5 Å². The van der Waals surface area contributed by atoms with Gasteiger partial charge in [-0.1, -0.05) is 18.2 Å². The molecular formula is C22H24N2O6. The fourth-order valence-corrected chi connectivity index (χ4v) is 3.20. The molecule has 1 aliphatic rings. The number of methoxy groups -OCH3 is 3. The normalized spacial score (nSPS) is 15.7. The SMILES string of the molecule is COc1ccc(COC(=O)C2=C(C)NC(=O)N[C@@H]2c2ccc(OC)c(OC)c2)cc1. The summed E-state index contributed by atoms with van der Waals surface area (Å²) in [5.74, 6) is 1.23. The third-order valence-corrected chi connectivity index (χ3v) is 4.76. The van der Waals surface area contributed by atoms with Gasteiger partial charge in [0.25, 0.3) is 0 Å². The van der Waals surface area contributed by atoms with Crippen LogP contribution in [0.1, 0.15) is 24.1 Å². The molecule has 0 fully saturated rings. The highest BCUT2D eigenvalue weighted by Gasteiger charge is 2.32. The second-order valence-electron chi connectivity index (χ2n) is 6.61. The monoisotopic (exact) mass is 412 g/mol. The summed E-state index contributed by atoms with van der Waals surface area (Å²) in [5.41, 5.74) is 2.23. The molecule has 2 amide bonds. The number of carbonyl (C=O) groups excluding carboxylic acids is 2. The Morgan fingerprint density at radius 3 is 2.30 bits per heavy atom. The van der Waals surface area contributed by atoms with Crippen molar-refractivity contribution in [2.45, 2.75) is 19.6 Å². The van der Waals surface area contributed by atoms with Crippen LogP contribution < -0.4 is 24.8 Å². The Bertz CT molecular complexity index is 968. The van der Waals surface area contributed by atoms with Crippen molar-refractivity contribution in [2.75, 3.05) is 21.3 Å². The number of benzene rings is 2. The lowest BCUT2D eigenvalue weighted by Crippen LogP contribution is -2.45. The fourth-order valence-electron chi connectivity index (χ4n) is 3.20. The molecule has 0 bridgehead atoms. The lowest BCUT2D eigenvalue weighted by Gasteiger charge is -2.28. The molecule has 0 aromatic heterocycles. The van der Waals surface area contributed by atoms with E-state index in [1.165, 1.54) is 14.2 Å². The van der Waals surface area contributed by atoms with Crippen molar-refractivity contribution < 1.29 is 28.5 Å². The van der Waals surface area contributed by atoms with Crippen LogP contribution in [0.2, 0.25) is 0 Å². The first-order valence-corrected chi connectivity index (χ1v) is 9.27. The molecule has 8 heteroatoms. The Balaban J connectivity index is 1.84. The van der Waals surface area contributed by atoms with Crippen LogP contribution in [0.4, 0.5) is 4.79 Å². The molecule has 0 saturated heterocycles. The summed E-state index contributed by atoms with van der Waals surface area (Å²) >= 11 is 0. The second kappa shape index (κ2) is 9.21. The average molecular weight is 412 g/mol. The summed E-state index contributed by atoms with van der Waals surface area (Å²) in [4.78, 5) is 25.0. The molecular weight excluding hydrogens is 388 g/mol. The first kappa shape index (κ1) is 21.0. The van der Waals surface area contributed by atoms with Crippen molar-refractivity contribution in [3.8, 4) is 17.2 Å². The van der Waals surface area contributed by atoms with E-state index < -0.39 is 18.0 Å². The van der Waals surface area contributed by atoms with Gasteiger partial charge in [-0.15, -0.1) is 0 Å². The first-order valence-electron chi connectivity index (χ1n) is 9.27. The summed E-state index contributed by atoms with van der Waals surface area (Å²) < 4.78 is 21.3. The Morgan fingerprint density at radius 2 is 1.67 bits per heavy atom. The zero-order valence-corrected chi connectivity index (χ0v) is 17.3. The van der Waals surface area contributed by atoms with E-state index in [1.807, 2.05) is 12.1 Å². The van der Waals surface area contributed by atoms with E-state index in [1.54, 1.807) is 44.4 Å². The van der Waals surface area contributed by atoms with Gasteiger partial charge < -0.3 is 29.6 Å². The van der Waals surface area contributed by atoms with Crippen molar-refractivity contribution >= 4 is 12.0 Å². The molecule has 30 heavy (non-hydrogen) atoms. The van der Waals surface area contributed by atoms with E-state index in [0.29, 0.717) is 28.3 Å². The Hall–Kier alpha value is -3.68. The Morgan fingerprint density at radius 1 is 0.967 bits per heavy atom. The van der Waals surface area contributed by atoms with Crippen molar-refractivity contribution in [1.82, 2.24) is 10.6 Å². The third-order valence-electron chi connectivity index (χ3n) is 4.76. The minimum absolute atomic E-state index is 0.0895. The molecule has 0 aliphatic carbocycles. The maximum Gasteiger partial charge on any atom is 0.338 e. The predicted octanol–water partition coefficient (Wildman–Crippen LogP) is 3.08. The maximum atomic E-state index is 12.9. The van der Waals surface area contributed by atoms with Crippen molar-refractivity contribution in [3.05, 3.63) is 64.9 Å². The van der Waals surface area contributed by atoms with Crippen LogP contribution in [0.3, 0.4) is 0 Å². The highest BCUT2D eigenvalue weighted by molar-refractivity contribution is 5.95.